The normalized spacial score (nSPS) is 17.8. The minimum absolute atomic E-state index is 0.00573. The fraction of sp³-hybridized carbons (Fsp3) is 0.423. The summed E-state index contributed by atoms with van der Waals surface area (Å²) in [6.45, 7) is 1.47. The van der Waals surface area contributed by atoms with Crippen LogP contribution in [-0.2, 0) is 17.5 Å². The van der Waals surface area contributed by atoms with Crippen LogP contribution >= 0.6 is 11.6 Å². The summed E-state index contributed by atoms with van der Waals surface area (Å²) in [5.74, 6) is -1.01. The van der Waals surface area contributed by atoms with E-state index in [1.165, 1.54) is 0 Å². The van der Waals surface area contributed by atoms with E-state index in [4.69, 9.17) is 21.2 Å². The number of carboxylic acid groups (broad SMARTS) is 1. The molecule has 2 heterocycles. The van der Waals surface area contributed by atoms with Crippen molar-refractivity contribution in [1.82, 2.24) is 15.0 Å². The lowest BCUT2D eigenvalue weighted by atomic mass is 9.81. The second-order valence-corrected chi connectivity index (χ2v) is 10.0. The molecule has 2 aromatic carbocycles. The van der Waals surface area contributed by atoms with Gasteiger partial charge < -0.3 is 9.63 Å². The molecule has 10 heteroatoms. The van der Waals surface area contributed by atoms with Gasteiger partial charge in [-0.05, 0) is 48.1 Å². The van der Waals surface area contributed by atoms with Gasteiger partial charge in [0.1, 0.15) is 0 Å². The number of aromatic nitrogens is 2. The molecule has 1 saturated heterocycles. The van der Waals surface area contributed by atoms with Crippen LogP contribution in [-0.4, -0.2) is 39.2 Å². The highest BCUT2D eigenvalue weighted by Crippen LogP contribution is 2.42. The topological polar surface area (TPSA) is 79.5 Å². The Kier molecular flexibility index (Phi) is 6.78. The Bertz CT molecular complexity index is 1260. The molecule has 5 rings (SSSR count). The van der Waals surface area contributed by atoms with Gasteiger partial charge in [-0.2, -0.15) is 18.2 Å². The van der Waals surface area contributed by atoms with Crippen LogP contribution in [0.3, 0.4) is 0 Å². The number of halogens is 4. The number of alkyl halides is 3. The molecule has 36 heavy (non-hydrogen) atoms. The van der Waals surface area contributed by atoms with Gasteiger partial charge in [0.25, 0.3) is 5.89 Å². The quantitative estimate of drug-likeness (QED) is 0.393. The predicted molar refractivity (Wildman–Crippen MR) is 127 cm³/mol. The van der Waals surface area contributed by atoms with Gasteiger partial charge in [-0.3, -0.25) is 9.69 Å². The smallest absolute Gasteiger partial charge is 0.416 e. The summed E-state index contributed by atoms with van der Waals surface area (Å²) in [5.41, 5.74) is 1.32. The lowest BCUT2D eigenvalue weighted by Gasteiger charge is -2.36. The number of benzene rings is 2. The first kappa shape index (κ1) is 24.8. The summed E-state index contributed by atoms with van der Waals surface area (Å²) in [6, 6.07) is 9.51. The first-order valence-electron chi connectivity index (χ1n) is 12.0. The van der Waals surface area contributed by atoms with Crippen LogP contribution in [0.15, 0.2) is 40.9 Å². The lowest BCUT2D eigenvalue weighted by molar-refractivity contribution is -0.147. The highest BCUT2D eigenvalue weighted by Gasteiger charge is 2.36. The lowest BCUT2D eigenvalue weighted by Crippen LogP contribution is -2.49. The Balaban J connectivity index is 1.35. The van der Waals surface area contributed by atoms with Gasteiger partial charge in [0.2, 0.25) is 5.82 Å². The molecule has 0 bridgehead atoms. The van der Waals surface area contributed by atoms with Crippen molar-refractivity contribution in [3.8, 4) is 22.8 Å². The van der Waals surface area contributed by atoms with Crippen molar-refractivity contribution in [2.45, 2.75) is 50.7 Å². The molecule has 1 N–H and O–H groups in total. The Labute approximate surface area is 211 Å². The van der Waals surface area contributed by atoms with Crippen molar-refractivity contribution in [3.63, 3.8) is 0 Å². The Morgan fingerprint density at radius 1 is 1.08 bits per heavy atom. The first-order chi connectivity index (χ1) is 17.2. The summed E-state index contributed by atoms with van der Waals surface area (Å²) in [4.78, 5) is 17.3. The zero-order valence-corrected chi connectivity index (χ0v) is 20.1. The molecule has 190 valence electrons. The number of hydrogen-bond donors (Lipinski definition) is 1. The first-order valence-corrected chi connectivity index (χ1v) is 12.4. The highest BCUT2D eigenvalue weighted by atomic mass is 35.5. The average Bonchev–Trinajstić information content (AvgIpc) is 3.31. The van der Waals surface area contributed by atoms with E-state index in [0.29, 0.717) is 35.8 Å². The van der Waals surface area contributed by atoms with Crippen LogP contribution in [0.4, 0.5) is 13.2 Å². The van der Waals surface area contributed by atoms with E-state index in [-0.39, 0.29) is 29.1 Å². The standard InChI is InChI=1S/C26H25ClF3N3O3/c27-22-11-16(6-7-18(22)12-33-13-19(14-33)25(34)35)23-31-24(36-32-23)17-8-9-20(15-4-2-1-3-5-15)21(10-17)26(28,29)30/h6-11,15,19H,1-5,12-14H2,(H,34,35). The molecule has 6 nitrogen and oxygen atoms in total. The maximum absolute atomic E-state index is 13.9. The van der Waals surface area contributed by atoms with Crippen molar-refractivity contribution in [1.29, 1.82) is 0 Å². The minimum Gasteiger partial charge on any atom is -0.481 e. The molecule has 2 aliphatic rings. The molecule has 0 unspecified atom stereocenters. The molecule has 2 fully saturated rings. The third kappa shape index (κ3) is 5.13. The Morgan fingerprint density at radius 2 is 1.81 bits per heavy atom. The van der Waals surface area contributed by atoms with Gasteiger partial charge in [-0.15, -0.1) is 0 Å². The van der Waals surface area contributed by atoms with Gasteiger partial charge in [0.05, 0.1) is 11.5 Å². The average molecular weight is 520 g/mol. The van der Waals surface area contributed by atoms with Gasteiger partial charge >= 0.3 is 12.1 Å². The number of likely N-dealkylation sites (tertiary alicyclic amines) is 1. The van der Waals surface area contributed by atoms with Gasteiger partial charge in [0, 0.05) is 35.8 Å². The second-order valence-electron chi connectivity index (χ2n) is 9.59. The van der Waals surface area contributed by atoms with Crippen molar-refractivity contribution >= 4 is 17.6 Å². The van der Waals surface area contributed by atoms with Crippen LogP contribution in [0.2, 0.25) is 5.02 Å². The van der Waals surface area contributed by atoms with E-state index in [9.17, 15) is 18.0 Å². The van der Waals surface area contributed by atoms with E-state index >= 15 is 0 Å². The van der Waals surface area contributed by atoms with Crippen molar-refractivity contribution in [3.05, 3.63) is 58.1 Å². The number of nitrogens with zero attached hydrogens (tertiary/aromatic N) is 3. The summed E-state index contributed by atoms with van der Waals surface area (Å²) in [5, 5.41) is 13.4. The Morgan fingerprint density at radius 3 is 2.47 bits per heavy atom. The van der Waals surface area contributed by atoms with Crippen molar-refractivity contribution < 1.29 is 27.6 Å². The largest absolute Gasteiger partial charge is 0.481 e. The van der Waals surface area contributed by atoms with Gasteiger partial charge in [0.15, 0.2) is 0 Å². The van der Waals surface area contributed by atoms with E-state index in [2.05, 4.69) is 10.1 Å². The van der Waals surface area contributed by atoms with E-state index in [1.54, 1.807) is 24.3 Å². The molecular weight excluding hydrogens is 495 g/mol. The maximum atomic E-state index is 13.9. The summed E-state index contributed by atoms with van der Waals surface area (Å²) >= 11 is 6.44. The monoisotopic (exact) mass is 519 g/mol. The molecule has 3 aromatic rings. The molecule has 1 aliphatic heterocycles. The minimum atomic E-state index is -4.48. The molecule has 1 saturated carbocycles. The van der Waals surface area contributed by atoms with Crippen LogP contribution in [0.25, 0.3) is 22.8 Å². The molecule has 1 aromatic heterocycles. The van der Waals surface area contributed by atoms with Crippen molar-refractivity contribution in [2.24, 2.45) is 5.92 Å². The van der Waals surface area contributed by atoms with Gasteiger partial charge in [-0.25, -0.2) is 0 Å². The zero-order chi connectivity index (χ0) is 25.4. The van der Waals surface area contributed by atoms with Crippen molar-refractivity contribution in [2.75, 3.05) is 13.1 Å². The zero-order valence-electron chi connectivity index (χ0n) is 19.4. The SMILES string of the molecule is O=C(O)C1CN(Cc2ccc(-c3noc(-c4ccc(C5CCCCC5)c(C(F)(F)F)c4)n3)cc2Cl)C1. The van der Waals surface area contributed by atoms with Crippen LogP contribution in [0.1, 0.15) is 54.7 Å². The van der Waals surface area contributed by atoms with Crippen LogP contribution < -0.4 is 0 Å². The summed E-state index contributed by atoms with van der Waals surface area (Å²) in [6.07, 6.45) is 0.00654. The van der Waals surface area contributed by atoms with Crippen LogP contribution in [0, 0.1) is 5.92 Å². The number of hydrogen-bond acceptors (Lipinski definition) is 5. The summed E-state index contributed by atoms with van der Waals surface area (Å²) < 4.78 is 47.1. The third-order valence-corrected chi connectivity index (χ3v) is 7.44. The predicted octanol–water partition coefficient (Wildman–Crippen LogP) is 6.64. The summed E-state index contributed by atoms with van der Waals surface area (Å²) in [7, 11) is 0. The molecule has 0 atom stereocenters. The molecule has 0 radical (unpaired) electrons. The molecule has 1 aliphatic carbocycles. The van der Waals surface area contributed by atoms with E-state index < -0.39 is 17.7 Å². The van der Waals surface area contributed by atoms with Gasteiger partial charge in [-0.1, -0.05) is 54.2 Å². The fourth-order valence-corrected chi connectivity index (χ4v) is 5.31. The molecule has 0 amide bonds. The van der Waals surface area contributed by atoms with E-state index in [0.717, 1.165) is 43.7 Å². The number of carbonyl (C=O) groups is 1. The maximum Gasteiger partial charge on any atom is 0.416 e. The second kappa shape index (κ2) is 9.86. The third-order valence-electron chi connectivity index (χ3n) is 7.09. The number of aliphatic carboxylic acids is 1. The molecular formula is C26H25ClF3N3O3. The molecule has 0 spiro atoms. The van der Waals surface area contributed by atoms with E-state index in [1.807, 2.05) is 11.0 Å². The van der Waals surface area contributed by atoms with Crippen LogP contribution in [0.5, 0.6) is 0 Å². The highest BCUT2D eigenvalue weighted by molar-refractivity contribution is 6.31. The Hall–Kier alpha value is -2.91. The fourth-order valence-electron chi connectivity index (χ4n) is 5.07. The number of rotatable bonds is 6. The number of carboxylic acids is 1.